The van der Waals surface area contributed by atoms with Gasteiger partial charge in [0.1, 0.15) is 0 Å². The maximum Gasteiger partial charge on any atom is 0.0386 e. The van der Waals surface area contributed by atoms with Gasteiger partial charge in [-0.1, -0.05) is 32.8 Å². The predicted molar refractivity (Wildman–Crippen MR) is 69.4 cm³/mol. The van der Waals surface area contributed by atoms with Crippen molar-refractivity contribution < 1.29 is 0 Å². The molecule has 0 radical (unpaired) electrons. The van der Waals surface area contributed by atoms with Gasteiger partial charge in [-0.05, 0) is 37.3 Å². The van der Waals surface area contributed by atoms with Crippen LogP contribution in [-0.2, 0) is 0 Å². The summed E-state index contributed by atoms with van der Waals surface area (Å²) in [6, 6.07) is 4.84. The van der Waals surface area contributed by atoms with Crippen LogP contribution < -0.4 is 5.32 Å². The van der Waals surface area contributed by atoms with Crippen molar-refractivity contribution >= 4 is 11.3 Å². The Morgan fingerprint density at radius 1 is 1.27 bits per heavy atom. The fourth-order valence-corrected chi connectivity index (χ4v) is 2.39. The van der Waals surface area contributed by atoms with Gasteiger partial charge in [-0.3, -0.25) is 0 Å². The highest BCUT2D eigenvalue weighted by Crippen LogP contribution is 2.18. The second-order valence-corrected chi connectivity index (χ2v) is 5.56. The lowest BCUT2D eigenvalue weighted by molar-refractivity contribution is 0.500. The third-order valence-electron chi connectivity index (χ3n) is 2.63. The third kappa shape index (κ3) is 5.33. The number of hydrogen-bond acceptors (Lipinski definition) is 2. The maximum atomic E-state index is 3.57. The first kappa shape index (κ1) is 12.7. The summed E-state index contributed by atoms with van der Waals surface area (Å²) in [5.41, 5.74) is 0. The average molecular weight is 225 g/mol. The lowest BCUT2D eigenvalue weighted by atomic mass is 10.1. The smallest absolute Gasteiger partial charge is 0.0386 e. The molecule has 0 fully saturated rings. The molecule has 0 amide bonds. The summed E-state index contributed by atoms with van der Waals surface area (Å²) in [5.74, 6) is 0.847. The summed E-state index contributed by atoms with van der Waals surface area (Å²) < 4.78 is 0. The summed E-state index contributed by atoms with van der Waals surface area (Å²) in [6.45, 7) is 7.98. The van der Waals surface area contributed by atoms with E-state index in [0.717, 1.165) is 12.5 Å². The molecule has 1 N–H and O–H groups in total. The van der Waals surface area contributed by atoms with E-state index in [1.807, 2.05) is 11.3 Å². The normalized spacial score (nSPS) is 13.3. The highest BCUT2D eigenvalue weighted by atomic mass is 32.1. The molecule has 0 aliphatic rings. The molecule has 15 heavy (non-hydrogen) atoms. The van der Waals surface area contributed by atoms with Crippen molar-refractivity contribution in [1.29, 1.82) is 0 Å². The minimum absolute atomic E-state index is 0.518. The quantitative estimate of drug-likeness (QED) is 0.685. The van der Waals surface area contributed by atoms with E-state index in [4.69, 9.17) is 0 Å². The Bertz CT molecular complexity index is 241. The van der Waals surface area contributed by atoms with Crippen molar-refractivity contribution in [2.75, 3.05) is 6.54 Å². The summed E-state index contributed by atoms with van der Waals surface area (Å²) in [7, 11) is 0. The van der Waals surface area contributed by atoms with E-state index in [2.05, 4.69) is 43.6 Å². The molecule has 0 aliphatic carbocycles. The van der Waals surface area contributed by atoms with Crippen LogP contribution in [0.15, 0.2) is 17.5 Å². The van der Waals surface area contributed by atoms with Gasteiger partial charge in [0.25, 0.3) is 0 Å². The molecule has 1 nitrogen and oxygen atoms in total. The van der Waals surface area contributed by atoms with Gasteiger partial charge in [0, 0.05) is 10.9 Å². The largest absolute Gasteiger partial charge is 0.309 e. The Balaban J connectivity index is 2.05. The average Bonchev–Trinajstić information content (AvgIpc) is 2.69. The number of rotatable bonds is 7. The van der Waals surface area contributed by atoms with Crippen LogP contribution >= 0.6 is 11.3 Å². The lowest BCUT2D eigenvalue weighted by Crippen LogP contribution is -2.18. The highest BCUT2D eigenvalue weighted by molar-refractivity contribution is 7.10. The first-order valence-electron chi connectivity index (χ1n) is 5.97. The van der Waals surface area contributed by atoms with Crippen LogP contribution in [-0.4, -0.2) is 6.54 Å². The predicted octanol–water partition coefficient (Wildman–Crippen LogP) is 4.23. The fourth-order valence-electron chi connectivity index (χ4n) is 1.63. The van der Waals surface area contributed by atoms with E-state index in [1.165, 1.54) is 24.1 Å². The van der Waals surface area contributed by atoms with Gasteiger partial charge >= 0.3 is 0 Å². The Labute approximate surface area is 97.9 Å². The van der Waals surface area contributed by atoms with Crippen molar-refractivity contribution in [3.8, 4) is 0 Å². The van der Waals surface area contributed by atoms with Crippen molar-refractivity contribution in [2.45, 2.75) is 46.1 Å². The molecule has 1 atom stereocenters. The number of hydrogen-bond donors (Lipinski definition) is 1. The second kappa shape index (κ2) is 7.02. The van der Waals surface area contributed by atoms with Crippen molar-refractivity contribution in [3.63, 3.8) is 0 Å². The van der Waals surface area contributed by atoms with Crippen LogP contribution in [0.5, 0.6) is 0 Å². The Kier molecular flexibility index (Phi) is 5.96. The van der Waals surface area contributed by atoms with Crippen LogP contribution in [0.25, 0.3) is 0 Å². The zero-order chi connectivity index (χ0) is 11.1. The van der Waals surface area contributed by atoms with Gasteiger partial charge in [0.15, 0.2) is 0 Å². The molecule has 0 saturated carbocycles. The van der Waals surface area contributed by atoms with Crippen molar-refractivity contribution in [1.82, 2.24) is 5.32 Å². The summed E-state index contributed by atoms with van der Waals surface area (Å²) in [6.07, 6.45) is 4.00. The van der Waals surface area contributed by atoms with Gasteiger partial charge in [-0.15, -0.1) is 11.3 Å². The maximum absolute atomic E-state index is 3.57. The number of unbranched alkanes of at least 4 members (excludes halogenated alkanes) is 1. The highest BCUT2D eigenvalue weighted by Gasteiger charge is 2.04. The molecular weight excluding hydrogens is 202 g/mol. The molecule has 1 heterocycles. The van der Waals surface area contributed by atoms with Crippen molar-refractivity contribution in [3.05, 3.63) is 22.4 Å². The van der Waals surface area contributed by atoms with Crippen LogP contribution in [0.3, 0.4) is 0 Å². The number of thiophene rings is 1. The van der Waals surface area contributed by atoms with Crippen LogP contribution in [0.4, 0.5) is 0 Å². The molecule has 0 aliphatic heterocycles. The van der Waals surface area contributed by atoms with Crippen LogP contribution in [0.1, 0.15) is 51.0 Å². The second-order valence-electron chi connectivity index (χ2n) is 4.58. The topological polar surface area (TPSA) is 12.0 Å². The SMILES string of the molecule is CC(C)CCCCNC(C)c1cccs1. The molecule has 1 rings (SSSR count). The summed E-state index contributed by atoms with van der Waals surface area (Å²) in [5, 5.41) is 5.71. The number of nitrogens with one attached hydrogen (secondary N) is 1. The van der Waals surface area contributed by atoms with E-state index in [1.54, 1.807) is 0 Å². The van der Waals surface area contributed by atoms with E-state index in [0.29, 0.717) is 6.04 Å². The minimum atomic E-state index is 0.518. The van der Waals surface area contributed by atoms with Gasteiger partial charge in [-0.2, -0.15) is 0 Å². The van der Waals surface area contributed by atoms with E-state index in [9.17, 15) is 0 Å². The molecule has 1 aromatic rings. The van der Waals surface area contributed by atoms with Gasteiger partial charge in [0.2, 0.25) is 0 Å². The third-order valence-corrected chi connectivity index (χ3v) is 3.68. The van der Waals surface area contributed by atoms with Gasteiger partial charge < -0.3 is 5.32 Å². The Morgan fingerprint density at radius 2 is 2.07 bits per heavy atom. The fraction of sp³-hybridized carbons (Fsp3) is 0.692. The zero-order valence-corrected chi connectivity index (χ0v) is 10.9. The Morgan fingerprint density at radius 3 is 2.67 bits per heavy atom. The Hall–Kier alpha value is -0.340. The van der Waals surface area contributed by atoms with E-state index in [-0.39, 0.29) is 0 Å². The molecule has 0 bridgehead atoms. The lowest BCUT2D eigenvalue weighted by Gasteiger charge is -2.12. The van der Waals surface area contributed by atoms with E-state index < -0.39 is 0 Å². The standard InChI is InChI=1S/C13H23NS/c1-11(2)7-4-5-9-14-12(3)13-8-6-10-15-13/h6,8,10-12,14H,4-5,7,9H2,1-3H3. The molecule has 0 spiro atoms. The molecule has 1 aromatic heterocycles. The monoisotopic (exact) mass is 225 g/mol. The molecule has 0 saturated heterocycles. The van der Waals surface area contributed by atoms with Crippen LogP contribution in [0, 0.1) is 5.92 Å². The first-order valence-corrected chi connectivity index (χ1v) is 6.85. The molecular formula is C13H23NS. The molecule has 0 aromatic carbocycles. The van der Waals surface area contributed by atoms with Crippen LogP contribution in [0.2, 0.25) is 0 Å². The summed E-state index contributed by atoms with van der Waals surface area (Å²) in [4.78, 5) is 1.44. The van der Waals surface area contributed by atoms with Gasteiger partial charge in [-0.25, -0.2) is 0 Å². The minimum Gasteiger partial charge on any atom is -0.309 e. The zero-order valence-electron chi connectivity index (χ0n) is 10.1. The van der Waals surface area contributed by atoms with Crippen molar-refractivity contribution in [2.24, 2.45) is 5.92 Å². The molecule has 2 heteroatoms. The molecule has 86 valence electrons. The first-order chi connectivity index (χ1) is 7.20. The van der Waals surface area contributed by atoms with Gasteiger partial charge in [0.05, 0.1) is 0 Å². The van der Waals surface area contributed by atoms with E-state index >= 15 is 0 Å². The molecule has 1 unspecified atom stereocenters. The summed E-state index contributed by atoms with van der Waals surface area (Å²) >= 11 is 1.84.